The van der Waals surface area contributed by atoms with E-state index < -0.39 is 12.5 Å². The molecule has 0 aliphatic carbocycles. The topological polar surface area (TPSA) is 52.5 Å². The van der Waals surface area contributed by atoms with Gasteiger partial charge in [-0.2, -0.15) is 0 Å². The molecule has 1 rings (SSSR count). The highest BCUT2D eigenvalue weighted by Crippen LogP contribution is 2.26. The van der Waals surface area contributed by atoms with Crippen LogP contribution in [-0.4, -0.2) is 29.3 Å². The summed E-state index contributed by atoms with van der Waals surface area (Å²) in [6, 6.07) is 4.78. The molecule has 0 heterocycles. The SMILES string of the molecule is Oc1c(Cl)cccc1CNCC(O)C(F)F. The van der Waals surface area contributed by atoms with E-state index in [0.29, 0.717) is 5.56 Å². The van der Waals surface area contributed by atoms with E-state index in [1.54, 1.807) is 12.1 Å². The van der Waals surface area contributed by atoms with E-state index in [1.165, 1.54) is 6.07 Å². The zero-order chi connectivity index (χ0) is 12.1. The minimum absolute atomic E-state index is 0.0804. The number of alkyl halides is 2. The third-order valence-electron chi connectivity index (χ3n) is 2.03. The standard InChI is InChI=1S/C10H12ClF2NO2/c11-7-3-1-2-6(9(7)16)4-14-5-8(15)10(12)13/h1-3,8,10,14-16H,4-5H2. The minimum Gasteiger partial charge on any atom is -0.506 e. The molecule has 0 aliphatic heterocycles. The first-order chi connectivity index (χ1) is 7.52. The van der Waals surface area contributed by atoms with Crippen LogP contribution in [0.5, 0.6) is 5.75 Å². The molecule has 1 atom stereocenters. The summed E-state index contributed by atoms with van der Waals surface area (Å²) in [6.07, 6.45) is -4.48. The highest BCUT2D eigenvalue weighted by Gasteiger charge is 2.16. The number of hydrogen-bond acceptors (Lipinski definition) is 3. The van der Waals surface area contributed by atoms with E-state index in [9.17, 15) is 13.9 Å². The van der Waals surface area contributed by atoms with Gasteiger partial charge in [-0.05, 0) is 6.07 Å². The number of aromatic hydroxyl groups is 1. The molecule has 1 unspecified atom stereocenters. The molecule has 1 aromatic rings. The van der Waals surface area contributed by atoms with Crippen LogP contribution in [0.2, 0.25) is 5.02 Å². The van der Waals surface area contributed by atoms with Crippen molar-refractivity contribution in [1.29, 1.82) is 0 Å². The Hall–Kier alpha value is -0.910. The molecule has 0 fully saturated rings. The van der Waals surface area contributed by atoms with Crippen molar-refractivity contribution in [1.82, 2.24) is 5.32 Å². The summed E-state index contributed by atoms with van der Waals surface area (Å²) in [5.74, 6) is -0.0804. The number of hydrogen-bond donors (Lipinski definition) is 3. The first-order valence-electron chi connectivity index (χ1n) is 4.65. The van der Waals surface area contributed by atoms with Gasteiger partial charge in [-0.25, -0.2) is 8.78 Å². The van der Waals surface area contributed by atoms with Crippen LogP contribution in [0.1, 0.15) is 5.56 Å². The van der Waals surface area contributed by atoms with Crippen LogP contribution in [0, 0.1) is 0 Å². The second-order valence-electron chi connectivity index (χ2n) is 3.28. The molecule has 16 heavy (non-hydrogen) atoms. The van der Waals surface area contributed by atoms with E-state index in [-0.39, 0.29) is 23.9 Å². The Kier molecular flexibility index (Phi) is 4.92. The zero-order valence-corrected chi connectivity index (χ0v) is 9.09. The molecule has 0 bridgehead atoms. The van der Waals surface area contributed by atoms with E-state index in [4.69, 9.17) is 16.7 Å². The summed E-state index contributed by atoms with van der Waals surface area (Å²) in [5.41, 5.74) is 0.494. The molecule has 0 aliphatic rings. The quantitative estimate of drug-likeness (QED) is 0.748. The summed E-state index contributed by atoms with van der Waals surface area (Å²) in [7, 11) is 0. The van der Waals surface area contributed by atoms with Crippen molar-refractivity contribution in [2.75, 3.05) is 6.54 Å². The molecule has 1 aromatic carbocycles. The number of para-hydroxylation sites is 1. The van der Waals surface area contributed by atoms with E-state index in [0.717, 1.165) is 0 Å². The van der Waals surface area contributed by atoms with Crippen LogP contribution in [0.4, 0.5) is 8.78 Å². The molecule has 3 N–H and O–H groups in total. The van der Waals surface area contributed by atoms with Crippen molar-refractivity contribution in [3.63, 3.8) is 0 Å². The Labute approximate surface area is 96.7 Å². The van der Waals surface area contributed by atoms with Gasteiger partial charge in [0.2, 0.25) is 0 Å². The minimum atomic E-state index is -2.78. The second kappa shape index (κ2) is 5.98. The average molecular weight is 252 g/mol. The number of nitrogens with one attached hydrogen (secondary N) is 1. The molecule has 90 valence electrons. The Morgan fingerprint density at radius 2 is 2.06 bits per heavy atom. The highest BCUT2D eigenvalue weighted by molar-refractivity contribution is 6.32. The van der Waals surface area contributed by atoms with Crippen molar-refractivity contribution < 1.29 is 19.0 Å². The molecule has 6 heteroatoms. The highest BCUT2D eigenvalue weighted by atomic mass is 35.5. The fraction of sp³-hybridized carbons (Fsp3) is 0.400. The molecule has 0 aromatic heterocycles. The van der Waals surface area contributed by atoms with E-state index >= 15 is 0 Å². The molecular formula is C10H12ClF2NO2. The van der Waals surface area contributed by atoms with E-state index in [2.05, 4.69) is 5.32 Å². The summed E-state index contributed by atoms with van der Waals surface area (Å²) in [4.78, 5) is 0. The van der Waals surface area contributed by atoms with Gasteiger partial charge in [0, 0.05) is 18.7 Å². The van der Waals surface area contributed by atoms with Crippen LogP contribution in [0.15, 0.2) is 18.2 Å². The average Bonchev–Trinajstić information content (AvgIpc) is 2.24. The van der Waals surface area contributed by atoms with Gasteiger partial charge in [-0.15, -0.1) is 0 Å². The summed E-state index contributed by atoms with van der Waals surface area (Å²) in [6.45, 7) is -0.0835. The molecule has 0 amide bonds. The van der Waals surface area contributed by atoms with Gasteiger partial charge in [-0.1, -0.05) is 23.7 Å². The number of aliphatic hydroxyl groups is 1. The summed E-state index contributed by atoms with van der Waals surface area (Å²) >= 11 is 5.66. The predicted octanol–water partition coefficient (Wildman–Crippen LogP) is 1.76. The van der Waals surface area contributed by atoms with Crippen LogP contribution >= 0.6 is 11.6 Å². The number of phenolic OH excluding ortho intramolecular Hbond substituents is 1. The number of benzene rings is 1. The zero-order valence-electron chi connectivity index (χ0n) is 8.33. The lowest BCUT2D eigenvalue weighted by Crippen LogP contribution is -2.31. The van der Waals surface area contributed by atoms with Crippen molar-refractivity contribution in [2.45, 2.75) is 19.1 Å². The summed E-state index contributed by atoms with van der Waals surface area (Å²) in [5, 5.41) is 21.1. The molecule has 0 radical (unpaired) electrons. The van der Waals surface area contributed by atoms with Crippen LogP contribution in [0.3, 0.4) is 0 Å². The van der Waals surface area contributed by atoms with Crippen LogP contribution in [0.25, 0.3) is 0 Å². The van der Waals surface area contributed by atoms with Crippen molar-refractivity contribution >= 4 is 11.6 Å². The lowest BCUT2D eigenvalue weighted by molar-refractivity contribution is -0.00342. The first-order valence-corrected chi connectivity index (χ1v) is 5.03. The van der Waals surface area contributed by atoms with Gasteiger partial charge in [0.25, 0.3) is 6.43 Å². The van der Waals surface area contributed by atoms with Gasteiger partial charge in [-0.3, -0.25) is 0 Å². The molecule has 0 saturated carbocycles. The Balaban J connectivity index is 2.46. The van der Waals surface area contributed by atoms with E-state index in [1.807, 2.05) is 0 Å². The maximum atomic E-state index is 11.9. The third kappa shape index (κ3) is 3.59. The smallest absolute Gasteiger partial charge is 0.265 e. The Morgan fingerprint density at radius 1 is 1.38 bits per heavy atom. The second-order valence-corrected chi connectivity index (χ2v) is 3.69. The maximum Gasteiger partial charge on any atom is 0.265 e. The number of halogens is 3. The fourth-order valence-corrected chi connectivity index (χ4v) is 1.34. The lowest BCUT2D eigenvalue weighted by Gasteiger charge is -2.11. The van der Waals surface area contributed by atoms with Crippen molar-refractivity contribution in [2.24, 2.45) is 0 Å². The largest absolute Gasteiger partial charge is 0.506 e. The number of phenols is 1. The fourth-order valence-electron chi connectivity index (χ4n) is 1.15. The van der Waals surface area contributed by atoms with Crippen molar-refractivity contribution in [3.8, 4) is 5.75 Å². The Bertz CT molecular complexity index is 350. The van der Waals surface area contributed by atoms with Gasteiger partial charge in [0.05, 0.1) is 5.02 Å². The van der Waals surface area contributed by atoms with Gasteiger partial charge >= 0.3 is 0 Å². The maximum absolute atomic E-state index is 11.9. The monoisotopic (exact) mass is 251 g/mol. The van der Waals surface area contributed by atoms with Crippen LogP contribution < -0.4 is 5.32 Å². The molecular weight excluding hydrogens is 240 g/mol. The third-order valence-corrected chi connectivity index (χ3v) is 2.34. The number of rotatable bonds is 5. The number of aliphatic hydroxyl groups excluding tert-OH is 1. The predicted molar refractivity (Wildman–Crippen MR) is 56.8 cm³/mol. The lowest BCUT2D eigenvalue weighted by atomic mass is 10.2. The van der Waals surface area contributed by atoms with Crippen molar-refractivity contribution in [3.05, 3.63) is 28.8 Å². The Morgan fingerprint density at radius 3 is 2.69 bits per heavy atom. The molecule has 3 nitrogen and oxygen atoms in total. The van der Waals surface area contributed by atoms with Gasteiger partial charge in [0.15, 0.2) is 0 Å². The molecule has 0 saturated heterocycles. The van der Waals surface area contributed by atoms with Gasteiger partial charge in [0.1, 0.15) is 11.9 Å². The van der Waals surface area contributed by atoms with Gasteiger partial charge < -0.3 is 15.5 Å². The summed E-state index contributed by atoms with van der Waals surface area (Å²) < 4.78 is 23.9. The molecule has 0 spiro atoms. The first kappa shape index (κ1) is 13.2. The van der Waals surface area contributed by atoms with Crippen LogP contribution in [-0.2, 0) is 6.54 Å². The normalized spacial score (nSPS) is 13.1.